The van der Waals surface area contributed by atoms with Crippen LogP contribution in [0.15, 0.2) is 30.3 Å². The second-order valence-electron chi connectivity index (χ2n) is 4.18. The van der Waals surface area contributed by atoms with Crippen LogP contribution in [0.1, 0.15) is 11.1 Å². The highest BCUT2D eigenvalue weighted by Gasteiger charge is 2.13. The first-order valence-electron chi connectivity index (χ1n) is 5.47. The predicted octanol–water partition coefficient (Wildman–Crippen LogP) is 3.96. The van der Waals surface area contributed by atoms with E-state index in [1.165, 1.54) is 0 Å². The van der Waals surface area contributed by atoms with E-state index in [9.17, 15) is 8.78 Å². The lowest BCUT2D eigenvalue weighted by molar-refractivity contribution is 0.405. The summed E-state index contributed by atoms with van der Waals surface area (Å²) in [5.41, 5.74) is 7.12. The fourth-order valence-corrected chi connectivity index (χ4v) is 1.60. The molecule has 0 spiro atoms. The van der Waals surface area contributed by atoms with Crippen molar-refractivity contribution < 1.29 is 13.5 Å². The Bertz CT molecular complexity index is 573. The van der Waals surface area contributed by atoms with Crippen molar-refractivity contribution in [3.8, 4) is 11.5 Å². The van der Waals surface area contributed by atoms with Crippen molar-refractivity contribution in [3.63, 3.8) is 0 Å². The van der Waals surface area contributed by atoms with Gasteiger partial charge in [0, 0.05) is 17.8 Å². The van der Waals surface area contributed by atoms with E-state index in [1.54, 1.807) is 6.07 Å². The van der Waals surface area contributed by atoms with Crippen molar-refractivity contribution in [2.24, 2.45) is 0 Å². The SMILES string of the molecule is Cc1ccc(C)c(Oc2c(F)cc(N)cc2F)c1. The molecule has 2 rings (SSSR count). The molecule has 0 saturated heterocycles. The van der Waals surface area contributed by atoms with E-state index in [2.05, 4.69) is 0 Å². The molecule has 0 aliphatic carbocycles. The van der Waals surface area contributed by atoms with Gasteiger partial charge >= 0.3 is 0 Å². The molecule has 0 atom stereocenters. The Morgan fingerprint density at radius 2 is 1.61 bits per heavy atom. The molecule has 94 valence electrons. The molecule has 0 aliphatic heterocycles. The molecule has 0 amide bonds. The molecular weight excluding hydrogens is 236 g/mol. The molecule has 18 heavy (non-hydrogen) atoms. The summed E-state index contributed by atoms with van der Waals surface area (Å²) in [5.74, 6) is -1.63. The van der Waals surface area contributed by atoms with Crippen molar-refractivity contribution in [1.82, 2.24) is 0 Å². The van der Waals surface area contributed by atoms with Gasteiger partial charge in [-0.2, -0.15) is 0 Å². The monoisotopic (exact) mass is 249 g/mol. The third kappa shape index (κ3) is 2.42. The molecule has 0 aliphatic rings. The summed E-state index contributed by atoms with van der Waals surface area (Å²) in [6.45, 7) is 3.68. The Balaban J connectivity index is 2.43. The molecule has 0 fully saturated rings. The van der Waals surface area contributed by atoms with E-state index in [4.69, 9.17) is 10.5 Å². The minimum atomic E-state index is -0.812. The molecule has 2 aromatic rings. The van der Waals surface area contributed by atoms with Crippen molar-refractivity contribution >= 4 is 5.69 Å². The molecular formula is C14H13F2NO. The number of hydrogen-bond acceptors (Lipinski definition) is 2. The van der Waals surface area contributed by atoms with Crippen molar-refractivity contribution in [1.29, 1.82) is 0 Å². The van der Waals surface area contributed by atoms with Gasteiger partial charge in [-0.25, -0.2) is 8.78 Å². The highest BCUT2D eigenvalue weighted by molar-refractivity contribution is 5.46. The van der Waals surface area contributed by atoms with Crippen molar-refractivity contribution in [2.75, 3.05) is 5.73 Å². The van der Waals surface area contributed by atoms with Crippen LogP contribution in [0.2, 0.25) is 0 Å². The quantitative estimate of drug-likeness (QED) is 0.818. The van der Waals surface area contributed by atoms with Gasteiger partial charge in [-0.3, -0.25) is 0 Å². The fourth-order valence-electron chi connectivity index (χ4n) is 1.60. The summed E-state index contributed by atoms with van der Waals surface area (Å²) in [7, 11) is 0. The molecule has 0 saturated carbocycles. The number of aryl methyl sites for hydroxylation is 2. The molecule has 2 N–H and O–H groups in total. The Morgan fingerprint density at radius 1 is 1.00 bits per heavy atom. The van der Waals surface area contributed by atoms with E-state index in [0.29, 0.717) is 5.75 Å². The van der Waals surface area contributed by atoms with E-state index in [1.807, 2.05) is 26.0 Å². The van der Waals surface area contributed by atoms with Gasteiger partial charge < -0.3 is 10.5 Å². The minimum absolute atomic E-state index is 0.0262. The molecule has 0 unspecified atom stereocenters. The first kappa shape index (κ1) is 12.4. The van der Waals surface area contributed by atoms with E-state index < -0.39 is 17.4 Å². The van der Waals surface area contributed by atoms with E-state index in [-0.39, 0.29) is 5.69 Å². The lowest BCUT2D eigenvalue weighted by Crippen LogP contribution is -1.97. The minimum Gasteiger partial charge on any atom is -0.451 e. The number of nitrogens with two attached hydrogens (primary N) is 1. The molecule has 0 bridgehead atoms. The highest BCUT2D eigenvalue weighted by Crippen LogP contribution is 2.31. The Kier molecular flexibility index (Phi) is 3.19. The molecule has 0 aromatic heterocycles. The summed E-state index contributed by atoms with van der Waals surface area (Å²) in [6, 6.07) is 7.52. The van der Waals surface area contributed by atoms with Crippen LogP contribution in [0, 0.1) is 25.5 Å². The van der Waals surface area contributed by atoms with Crippen LogP contribution in [0.4, 0.5) is 14.5 Å². The summed E-state index contributed by atoms with van der Waals surface area (Å²) >= 11 is 0. The Morgan fingerprint density at radius 3 is 2.22 bits per heavy atom. The lowest BCUT2D eigenvalue weighted by atomic mass is 10.1. The highest BCUT2D eigenvalue weighted by atomic mass is 19.1. The smallest absolute Gasteiger partial charge is 0.198 e. The van der Waals surface area contributed by atoms with Gasteiger partial charge in [0.1, 0.15) is 5.75 Å². The predicted molar refractivity (Wildman–Crippen MR) is 66.8 cm³/mol. The maximum Gasteiger partial charge on any atom is 0.198 e. The zero-order valence-corrected chi connectivity index (χ0v) is 10.1. The number of benzene rings is 2. The first-order chi connectivity index (χ1) is 8.47. The van der Waals surface area contributed by atoms with Crippen LogP contribution in [0.3, 0.4) is 0 Å². The molecule has 4 heteroatoms. The van der Waals surface area contributed by atoms with Gasteiger partial charge in [-0.1, -0.05) is 12.1 Å². The maximum atomic E-state index is 13.6. The van der Waals surface area contributed by atoms with Crippen LogP contribution >= 0.6 is 0 Å². The number of halogens is 2. The Hall–Kier alpha value is -2.10. The lowest BCUT2D eigenvalue weighted by Gasteiger charge is -2.11. The van der Waals surface area contributed by atoms with Crippen LogP contribution in [-0.4, -0.2) is 0 Å². The average Bonchev–Trinajstić information content (AvgIpc) is 2.28. The van der Waals surface area contributed by atoms with Gasteiger partial charge in [-0.15, -0.1) is 0 Å². The second kappa shape index (κ2) is 4.64. The zero-order chi connectivity index (χ0) is 13.3. The van der Waals surface area contributed by atoms with Crippen LogP contribution < -0.4 is 10.5 Å². The van der Waals surface area contributed by atoms with Crippen LogP contribution in [0.25, 0.3) is 0 Å². The standard InChI is InChI=1S/C14H13F2NO/c1-8-3-4-9(2)13(5-8)18-14-11(15)6-10(17)7-12(14)16/h3-7H,17H2,1-2H3. The maximum absolute atomic E-state index is 13.6. The topological polar surface area (TPSA) is 35.2 Å². The molecule has 0 heterocycles. The fraction of sp³-hybridized carbons (Fsp3) is 0.143. The van der Waals surface area contributed by atoms with Crippen LogP contribution in [0.5, 0.6) is 11.5 Å². The normalized spacial score (nSPS) is 10.4. The second-order valence-corrected chi connectivity index (χ2v) is 4.18. The van der Waals surface area contributed by atoms with Gasteiger partial charge in [0.2, 0.25) is 0 Å². The number of nitrogen functional groups attached to an aromatic ring is 1. The number of anilines is 1. The van der Waals surface area contributed by atoms with Gasteiger partial charge in [0.15, 0.2) is 17.4 Å². The van der Waals surface area contributed by atoms with Crippen molar-refractivity contribution in [3.05, 3.63) is 53.1 Å². The molecule has 0 radical (unpaired) electrons. The van der Waals surface area contributed by atoms with Gasteiger partial charge in [0.05, 0.1) is 0 Å². The third-order valence-electron chi connectivity index (χ3n) is 2.58. The van der Waals surface area contributed by atoms with Gasteiger partial charge in [-0.05, 0) is 31.0 Å². The van der Waals surface area contributed by atoms with Gasteiger partial charge in [0.25, 0.3) is 0 Å². The summed E-state index contributed by atoms with van der Waals surface area (Å²) in [6.07, 6.45) is 0. The summed E-state index contributed by atoms with van der Waals surface area (Å²) in [4.78, 5) is 0. The third-order valence-corrected chi connectivity index (χ3v) is 2.58. The van der Waals surface area contributed by atoms with Crippen molar-refractivity contribution in [2.45, 2.75) is 13.8 Å². The van der Waals surface area contributed by atoms with Crippen LogP contribution in [-0.2, 0) is 0 Å². The molecule has 2 nitrogen and oxygen atoms in total. The van der Waals surface area contributed by atoms with E-state index >= 15 is 0 Å². The number of ether oxygens (including phenoxy) is 1. The first-order valence-corrected chi connectivity index (χ1v) is 5.47. The number of hydrogen-bond donors (Lipinski definition) is 1. The molecule has 2 aromatic carbocycles. The average molecular weight is 249 g/mol. The summed E-state index contributed by atoms with van der Waals surface area (Å²) < 4.78 is 32.5. The number of rotatable bonds is 2. The summed E-state index contributed by atoms with van der Waals surface area (Å²) in [5, 5.41) is 0. The van der Waals surface area contributed by atoms with E-state index in [0.717, 1.165) is 23.3 Å². The zero-order valence-electron chi connectivity index (χ0n) is 10.1. The Labute approximate surface area is 104 Å². The largest absolute Gasteiger partial charge is 0.451 e.